The molecular formula is C19H25N5O. The van der Waals surface area contributed by atoms with Crippen molar-refractivity contribution < 1.29 is 4.79 Å². The third kappa shape index (κ3) is 4.26. The summed E-state index contributed by atoms with van der Waals surface area (Å²) < 4.78 is 0. The Morgan fingerprint density at radius 3 is 2.72 bits per heavy atom. The molecule has 1 saturated heterocycles. The Bertz CT molecular complexity index is 740. The van der Waals surface area contributed by atoms with Crippen molar-refractivity contribution in [3.63, 3.8) is 0 Å². The van der Waals surface area contributed by atoms with Crippen molar-refractivity contribution >= 4 is 17.7 Å². The Morgan fingerprint density at radius 2 is 2.00 bits per heavy atom. The average molecular weight is 339 g/mol. The second-order valence-electron chi connectivity index (χ2n) is 6.23. The first-order valence-electron chi connectivity index (χ1n) is 8.87. The summed E-state index contributed by atoms with van der Waals surface area (Å²) >= 11 is 0. The number of aromatic nitrogens is 2. The minimum Gasteiger partial charge on any atom is -0.366 e. The zero-order valence-electron chi connectivity index (χ0n) is 14.9. The number of benzene rings is 1. The van der Waals surface area contributed by atoms with Crippen LogP contribution in [-0.4, -0.2) is 36.0 Å². The summed E-state index contributed by atoms with van der Waals surface area (Å²) in [6.07, 6.45) is 3.29. The van der Waals surface area contributed by atoms with Gasteiger partial charge in [0.15, 0.2) is 0 Å². The zero-order chi connectivity index (χ0) is 17.6. The third-order valence-corrected chi connectivity index (χ3v) is 4.41. The molecule has 0 bridgehead atoms. The molecule has 2 N–H and O–H groups in total. The van der Waals surface area contributed by atoms with Crippen molar-refractivity contribution in [2.45, 2.75) is 32.7 Å². The molecule has 2 aromatic rings. The van der Waals surface area contributed by atoms with Gasteiger partial charge in [0.1, 0.15) is 5.82 Å². The molecule has 25 heavy (non-hydrogen) atoms. The summed E-state index contributed by atoms with van der Waals surface area (Å²) in [5, 5.41) is 6.02. The van der Waals surface area contributed by atoms with Gasteiger partial charge in [-0.3, -0.25) is 4.79 Å². The van der Waals surface area contributed by atoms with Crippen LogP contribution in [0.1, 0.15) is 41.4 Å². The van der Waals surface area contributed by atoms with Gasteiger partial charge in [-0.2, -0.15) is 4.98 Å². The first-order chi connectivity index (χ1) is 12.2. The number of carbonyl (C=O) groups is 1. The lowest BCUT2D eigenvalue weighted by molar-refractivity contribution is 0.0963. The van der Waals surface area contributed by atoms with Gasteiger partial charge in [0.25, 0.3) is 5.91 Å². The highest BCUT2D eigenvalue weighted by Crippen LogP contribution is 2.19. The van der Waals surface area contributed by atoms with E-state index in [-0.39, 0.29) is 5.91 Å². The van der Waals surface area contributed by atoms with Gasteiger partial charge >= 0.3 is 0 Å². The summed E-state index contributed by atoms with van der Waals surface area (Å²) in [5.41, 5.74) is 2.75. The Hall–Kier alpha value is -2.63. The number of anilines is 2. The molecule has 1 fully saturated rings. The maximum Gasteiger partial charge on any atom is 0.251 e. The minimum atomic E-state index is -0.0755. The fraction of sp³-hybridized carbons (Fsp3) is 0.421. The summed E-state index contributed by atoms with van der Waals surface area (Å²) in [7, 11) is 1.64. The van der Waals surface area contributed by atoms with E-state index in [1.54, 1.807) is 7.05 Å². The molecule has 3 rings (SSSR count). The molecule has 2 heterocycles. The van der Waals surface area contributed by atoms with Gasteiger partial charge in [-0.25, -0.2) is 4.98 Å². The topological polar surface area (TPSA) is 70.2 Å². The largest absolute Gasteiger partial charge is 0.366 e. The van der Waals surface area contributed by atoms with Crippen LogP contribution in [0.4, 0.5) is 11.8 Å². The fourth-order valence-corrected chi connectivity index (χ4v) is 2.97. The van der Waals surface area contributed by atoms with Crippen LogP contribution in [0.25, 0.3) is 0 Å². The third-order valence-electron chi connectivity index (χ3n) is 4.41. The van der Waals surface area contributed by atoms with Crippen LogP contribution in [0.2, 0.25) is 0 Å². The molecule has 1 aliphatic heterocycles. The molecule has 0 unspecified atom stereocenters. The van der Waals surface area contributed by atoms with E-state index in [2.05, 4.69) is 32.4 Å². The number of aryl methyl sites for hydroxylation is 1. The lowest BCUT2D eigenvalue weighted by Crippen LogP contribution is -2.21. The summed E-state index contributed by atoms with van der Waals surface area (Å²) in [5.74, 6) is 1.58. The molecular weight excluding hydrogens is 314 g/mol. The predicted molar refractivity (Wildman–Crippen MR) is 100 cm³/mol. The van der Waals surface area contributed by atoms with Crippen LogP contribution in [-0.2, 0) is 13.0 Å². The average Bonchev–Trinajstić information content (AvgIpc) is 3.20. The molecule has 0 radical (unpaired) electrons. The van der Waals surface area contributed by atoms with Crippen LogP contribution < -0.4 is 15.5 Å². The van der Waals surface area contributed by atoms with Crippen molar-refractivity contribution in [3.8, 4) is 0 Å². The molecule has 0 spiro atoms. The molecule has 0 atom stereocenters. The van der Waals surface area contributed by atoms with E-state index in [9.17, 15) is 4.79 Å². The Morgan fingerprint density at radius 1 is 1.20 bits per heavy atom. The lowest BCUT2D eigenvalue weighted by Gasteiger charge is -2.17. The molecule has 132 valence electrons. The molecule has 1 aromatic carbocycles. The second-order valence-corrected chi connectivity index (χ2v) is 6.23. The predicted octanol–water partition coefficient (Wildman–Crippen LogP) is 2.61. The second kappa shape index (κ2) is 7.96. The first-order valence-corrected chi connectivity index (χ1v) is 8.87. The molecule has 0 aliphatic carbocycles. The maximum atomic E-state index is 11.8. The van der Waals surface area contributed by atoms with E-state index >= 15 is 0 Å². The van der Waals surface area contributed by atoms with Crippen molar-refractivity contribution in [2.24, 2.45) is 0 Å². The highest BCUT2D eigenvalue weighted by molar-refractivity contribution is 5.94. The number of rotatable bonds is 6. The van der Waals surface area contributed by atoms with Crippen LogP contribution in [0.15, 0.2) is 30.3 Å². The van der Waals surface area contributed by atoms with Gasteiger partial charge in [-0.1, -0.05) is 19.1 Å². The molecule has 6 nitrogen and oxygen atoms in total. The Labute approximate surface area is 148 Å². The van der Waals surface area contributed by atoms with Gasteiger partial charge in [0.2, 0.25) is 5.95 Å². The Balaban J connectivity index is 1.74. The van der Waals surface area contributed by atoms with Crippen molar-refractivity contribution in [3.05, 3.63) is 47.2 Å². The number of amides is 1. The minimum absolute atomic E-state index is 0.0755. The maximum absolute atomic E-state index is 11.8. The molecule has 1 aliphatic rings. The normalized spacial score (nSPS) is 13.8. The number of carbonyl (C=O) groups excluding carboxylic acids is 1. The van der Waals surface area contributed by atoms with Gasteiger partial charge in [-0.15, -0.1) is 0 Å². The molecule has 1 aromatic heterocycles. The van der Waals surface area contributed by atoms with E-state index < -0.39 is 0 Å². The number of nitrogens with zero attached hydrogens (tertiary/aromatic N) is 3. The molecule has 1 amide bonds. The van der Waals surface area contributed by atoms with Crippen LogP contribution in [0, 0.1) is 0 Å². The van der Waals surface area contributed by atoms with Gasteiger partial charge in [-0.05, 0) is 37.0 Å². The van der Waals surface area contributed by atoms with Gasteiger partial charge in [0.05, 0.1) is 0 Å². The van der Waals surface area contributed by atoms with E-state index in [4.69, 9.17) is 0 Å². The van der Waals surface area contributed by atoms with Crippen molar-refractivity contribution in [1.82, 2.24) is 15.3 Å². The smallest absolute Gasteiger partial charge is 0.251 e. The number of nitrogens with one attached hydrogen (secondary N) is 2. The fourth-order valence-electron chi connectivity index (χ4n) is 2.97. The van der Waals surface area contributed by atoms with Crippen molar-refractivity contribution in [2.75, 3.05) is 30.4 Å². The van der Waals surface area contributed by atoms with E-state index in [0.717, 1.165) is 42.5 Å². The molecule has 6 heteroatoms. The van der Waals surface area contributed by atoms with Crippen molar-refractivity contribution in [1.29, 1.82) is 0 Å². The quantitative estimate of drug-likeness (QED) is 0.846. The standard InChI is InChI=1S/C19H25N5O/c1-3-16-12-17(23-19(22-16)24-9-4-5-10-24)21-13-14-7-6-8-15(11-14)18(25)20-2/h6-8,11-12H,3-5,9-10,13H2,1-2H3,(H,20,25)(H,21,22,23). The Kier molecular flexibility index (Phi) is 5.48. The monoisotopic (exact) mass is 339 g/mol. The van der Waals surface area contributed by atoms with E-state index in [0.29, 0.717) is 12.1 Å². The highest BCUT2D eigenvalue weighted by atomic mass is 16.1. The lowest BCUT2D eigenvalue weighted by atomic mass is 10.1. The SMILES string of the molecule is CCc1cc(NCc2cccc(C(=O)NC)c2)nc(N2CCCC2)n1. The summed E-state index contributed by atoms with van der Waals surface area (Å²) in [4.78, 5) is 23.3. The number of hydrogen-bond donors (Lipinski definition) is 2. The molecule has 0 saturated carbocycles. The summed E-state index contributed by atoms with van der Waals surface area (Å²) in [6.45, 7) is 4.78. The highest BCUT2D eigenvalue weighted by Gasteiger charge is 2.16. The van der Waals surface area contributed by atoms with E-state index in [1.807, 2.05) is 30.3 Å². The first kappa shape index (κ1) is 17.2. The van der Waals surface area contributed by atoms with Gasteiger partial charge in [0, 0.05) is 44.0 Å². The zero-order valence-corrected chi connectivity index (χ0v) is 14.9. The van der Waals surface area contributed by atoms with Crippen LogP contribution in [0.3, 0.4) is 0 Å². The number of hydrogen-bond acceptors (Lipinski definition) is 5. The summed E-state index contributed by atoms with van der Waals surface area (Å²) in [6, 6.07) is 9.61. The van der Waals surface area contributed by atoms with Crippen LogP contribution >= 0.6 is 0 Å². The van der Waals surface area contributed by atoms with Crippen LogP contribution in [0.5, 0.6) is 0 Å². The van der Waals surface area contributed by atoms with Gasteiger partial charge < -0.3 is 15.5 Å². The van der Waals surface area contributed by atoms with E-state index in [1.165, 1.54) is 12.8 Å².